The largest absolute Gasteiger partial charge is 0.415 e. The van der Waals surface area contributed by atoms with Crippen molar-refractivity contribution in [2.45, 2.75) is 38.3 Å². The fourth-order valence-electron chi connectivity index (χ4n) is 4.27. The Labute approximate surface area is 190 Å². The molecule has 1 saturated heterocycles. The van der Waals surface area contributed by atoms with Crippen LogP contribution in [0.25, 0.3) is 23.0 Å². The normalized spacial score (nSPS) is 22.3. The molecule has 3 atom stereocenters. The molecule has 2 aromatic heterocycles. The molecule has 0 spiro atoms. The van der Waals surface area contributed by atoms with Crippen LogP contribution < -0.4 is 11.1 Å². The molecule has 9 heteroatoms. The predicted octanol–water partition coefficient (Wildman–Crippen LogP) is 2.62. The molecule has 5 rings (SSSR count). The third kappa shape index (κ3) is 4.01. The number of likely N-dealkylation sites (tertiary alicyclic amines) is 1. The number of carbonyl (C=O) groups excluding carboxylic acids is 1. The van der Waals surface area contributed by atoms with Crippen LogP contribution in [0.15, 0.2) is 34.9 Å². The molecule has 1 amide bonds. The second-order valence-electron chi connectivity index (χ2n) is 8.65. The number of rotatable bonds is 6. The van der Waals surface area contributed by atoms with E-state index in [2.05, 4.69) is 20.5 Å². The van der Waals surface area contributed by atoms with Crippen molar-refractivity contribution in [1.29, 1.82) is 0 Å². The van der Waals surface area contributed by atoms with Crippen LogP contribution in [0, 0.1) is 12.8 Å². The zero-order chi connectivity index (χ0) is 22.2. The van der Waals surface area contributed by atoms with E-state index in [9.17, 15) is 4.79 Å². The summed E-state index contributed by atoms with van der Waals surface area (Å²) in [7, 11) is 1.91. The number of hydrogen-bond acceptors (Lipinski definition) is 8. The Balaban J connectivity index is 0.00000144. The van der Waals surface area contributed by atoms with E-state index < -0.39 is 0 Å². The Hall–Kier alpha value is -3.17. The van der Waals surface area contributed by atoms with E-state index in [-0.39, 0.29) is 28.1 Å². The summed E-state index contributed by atoms with van der Waals surface area (Å²) in [5.41, 5.74) is 10.0. The lowest BCUT2D eigenvalue weighted by atomic mass is 10.1. The van der Waals surface area contributed by atoms with Gasteiger partial charge in [-0.1, -0.05) is 12.1 Å². The van der Waals surface area contributed by atoms with E-state index in [4.69, 9.17) is 15.1 Å². The number of nitrogens with zero attached hydrogens (tertiary/aromatic N) is 5. The Morgan fingerprint density at radius 1 is 1.28 bits per heavy atom. The average molecular weight is 440 g/mol. The monoisotopic (exact) mass is 439 g/mol. The van der Waals surface area contributed by atoms with E-state index in [1.54, 1.807) is 6.20 Å². The van der Waals surface area contributed by atoms with Gasteiger partial charge in [-0.25, -0.2) is 4.98 Å². The van der Waals surface area contributed by atoms with E-state index in [0.717, 1.165) is 37.2 Å². The number of aromatic nitrogens is 4. The molecule has 2 unspecified atom stereocenters. The number of nitrogens with one attached hydrogen (secondary N) is 1. The summed E-state index contributed by atoms with van der Waals surface area (Å²) in [6, 6.07) is 8.07. The van der Waals surface area contributed by atoms with Crippen LogP contribution in [0.1, 0.15) is 40.0 Å². The van der Waals surface area contributed by atoms with Crippen molar-refractivity contribution in [3.63, 3.8) is 0 Å². The quantitative estimate of drug-likeness (QED) is 0.601. The highest BCUT2D eigenvalue weighted by atomic mass is 16.4. The maximum absolute atomic E-state index is 12.8. The van der Waals surface area contributed by atoms with Crippen LogP contribution in [0.2, 0.25) is 0 Å². The van der Waals surface area contributed by atoms with Gasteiger partial charge in [0.05, 0.1) is 11.4 Å². The van der Waals surface area contributed by atoms with Gasteiger partial charge in [0.25, 0.3) is 5.89 Å². The number of benzene rings is 1. The standard InChI is InChI=1S/C23H27N7O2.3H2/c1-13-20(22-29-28-21(32-22)15-5-3-14(4-6-15)10-25-2)27-19(11-26-13)17-9-18(17)23(31)30-8-7-16(24)12-30;;;/h3-6,11,16-18,25H,7-10,12,24H2,1-2H3;3*1H/t16-,17?,18?;;;/m0.../s1. The molecular weight excluding hydrogens is 406 g/mol. The first kappa shape index (κ1) is 20.7. The van der Waals surface area contributed by atoms with Crippen LogP contribution in [-0.4, -0.2) is 57.2 Å². The fraction of sp³-hybridized carbons (Fsp3) is 0.435. The number of nitrogens with two attached hydrogens (primary N) is 1. The van der Waals surface area contributed by atoms with Crippen LogP contribution in [0.5, 0.6) is 0 Å². The number of aryl methyl sites for hydroxylation is 1. The Morgan fingerprint density at radius 3 is 2.78 bits per heavy atom. The van der Waals surface area contributed by atoms with Gasteiger partial charge >= 0.3 is 0 Å². The van der Waals surface area contributed by atoms with E-state index in [1.165, 1.54) is 5.56 Å². The summed E-state index contributed by atoms with van der Waals surface area (Å²) in [4.78, 5) is 23.9. The highest BCUT2D eigenvalue weighted by Gasteiger charge is 2.47. The molecule has 1 aliphatic carbocycles. The van der Waals surface area contributed by atoms with Crippen LogP contribution >= 0.6 is 0 Å². The summed E-state index contributed by atoms with van der Waals surface area (Å²) >= 11 is 0. The predicted molar refractivity (Wildman–Crippen MR) is 125 cm³/mol. The highest BCUT2D eigenvalue weighted by molar-refractivity contribution is 5.83. The van der Waals surface area contributed by atoms with E-state index >= 15 is 0 Å². The van der Waals surface area contributed by atoms with Gasteiger partial charge in [0.2, 0.25) is 11.8 Å². The van der Waals surface area contributed by atoms with Crippen LogP contribution in [-0.2, 0) is 11.3 Å². The number of hydrogen-bond donors (Lipinski definition) is 2. The van der Waals surface area contributed by atoms with Crippen molar-refractivity contribution in [3.05, 3.63) is 47.4 Å². The summed E-state index contributed by atoms with van der Waals surface area (Å²) in [5, 5.41) is 11.5. The van der Waals surface area contributed by atoms with Gasteiger partial charge in [0.15, 0.2) is 0 Å². The summed E-state index contributed by atoms with van der Waals surface area (Å²) in [6.07, 6.45) is 3.41. The second-order valence-corrected chi connectivity index (χ2v) is 8.65. The van der Waals surface area contributed by atoms with Crippen molar-refractivity contribution in [3.8, 4) is 23.0 Å². The van der Waals surface area contributed by atoms with Crippen molar-refractivity contribution >= 4 is 5.91 Å². The summed E-state index contributed by atoms with van der Waals surface area (Å²) < 4.78 is 5.93. The molecule has 0 radical (unpaired) electrons. The minimum atomic E-state index is -0.0421. The molecule has 172 valence electrons. The van der Waals surface area contributed by atoms with Crippen molar-refractivity contribution in [2.75, 3.05) is 20.1 Å². The van der Waals surface area contributed by atoms with Crippen molar-refractivity contribution in [1.82, 2.24) is 30.4 Å². The SMILES string of the molecule is CNCc1ccc(-c2nnc(-c3nc(C4CC4C(=O)N4CC[C@H](N)C4)cnc3C)o2)cc1.[HH].[HH].[HH]. The minimum absolute atomic E-state index is 0. The minimum Gasteiger partial charge on any atom is -0.415 e. The van der Waals surface area contributed by atoms with Crippen LogP contribution in [0.4, 0.5) is 0 Å². The molecule has 3 aromatic rings. The molecular formula is C23H33N7O2. The molecule has 1 aliphatic heterocycles. The first-order valence-electron chi connectivity index (χ1n) is 11.0. The van der Waals surface area contributed by atoms with E-state index in [0.29, 0.717) is 29.7 Å². The molecule has 1 saturated carbocycles. The zero-order valence-corrected chi connectivity index (χ0v) is 18.3. The third-order valence-corrected chi connectivity index (χ3v) is 6.21. The topological polar surface area (TPSA) is 123 Å². The maximum Gasteiger partial charge on any atom is 0.268 e. The van der Waals surface area contributed by atoms with Crippen molar-refractivity contribution in [2.24, 2.45) is 11.7 Å². The lowest BCUT2D eigenvalue weighted by molar-refractivity contribution is -0.131. The van der Waals surface area contributed by atoms with Gasteiger partial charge in [-0.2, -0.15) is 0 Å². The van der Waals surface area contributed by atoms with Gasteiger partial charge in [-0.05, 0) is 44.5 Å². The Kier molecular flexibility index (Phi) is 5.44. The smallest absolute Gasteiger partial charge is 0.268 e. The maximum atomic E-state index is 12.8. The summed E-state index contributed by atoms with van der Waals surface area (Å²) in [6.45, 7) is 4.05. The van der Waals surface area contributed by atoms with Gasteiger partial charge in [0, 0.05) is 53.6 Å². The highest BCUT2D eigenvalue weighted by Crippen LogP contribution is 2.48. The van der Waals surface area contributed by atoms with Crippen LogP contribution in [0.3, 0.4) is 0 Å². The molecule has 9 nitrogen and oxygen atoms in total. The molecule has 3 heterocycles. The summed E-state index contributed by atoms with van der Waals surface area (Å²) in [5.74, 6) is 0.981. The molecule has 3 N–H and O–H groups in total. The lowest BCUT2D eigenvalue weighted by Crippen LogP contribution is -2.33. The second kappa shape index (κ2) is 8.40. The Morgan fingerprint density at radius 2 is 2.06 bits per heavy atom. The van der Waals surface area contributed by atoms with Gasteiger partial charge in [0.1, 0.15) is 5.69 Å². The average Bonchev–Trinajstić information content (AvgIpc) is 3.22. The first-order valence-corrected chi connectivity index (χ1v) is 11.0. The van der Waals surface area contributed by atoms with Gasteiger partial charge < -0.3 is 20.4 Å². The van der Waals surface area contributed by atoms with E-state index in [1.807, 2.05) is 43.1 Å². The molecule has 0 bridgehead atoms. The number of amides is 1. The van der Waals surface area contributed by atoms with Gasteiger partial charge in [-0.15, -0.1) is 10.2 Å². The Bertz CT molecular complexity index is 1140. The lowest BCUT2D eigenvalue weighted by Gasteiger charge is -2.15. The molecule has 32 heavy (non-hydrogen) atoms. The fourth-order valence-corrected chi connectivity index (χ4v) is 4.27. The molecule has 2 aliphatic rings. The molecule has 1 aromatic carbocycles. The van der Waals surface area contributed by atoms with Gasteiger partial charge in [-0.3, -0.25) is 9.78 Å². The van der Waals surface area contributed by atoms with Crippen molar-refractivity contribution < 1.29 is 13.5 Å². The third-order valence-electron chi connectivity index (χ3n) is 6.21. The number of carbonyl (C=O) groups is 1. The first-order chi connectivity index (χ1) is 15.5. The zero-order valence-electron chi connectivity index (χ0n) is 18.3. The molecule has 2 fully saturated rings.